The monoisotopic (exact) mass is 297 g/mol. The van der Waals surface area contributed by atoms with Gasteiger partial charge < -0.3 is 21.3 Å². The molecule has 1 fully saturated rings. The second kappa shape index (κ2) is 5.66. The van der Waals surface area contributed by atoms with Crippen molar-refractivity contribution in [3.63, 3.8) is 0 Å². The van der Waals surface area contributed by atoms with Crippen molar-refractivity contribution < 1.29 is 9.59 Å². The Morgan fingerprint density at radius 1 is 1.45 bits per heavy atom. The molecule has 0 aromatic carbocycles. The van der Waals surface area contributed by atoms with Gasteiger partial charge in [-0.1, -0.05) is 11.3 Å². The molecule has 8 heteroatoms. The number of anilines is 2. The van der Waals surface area contributed by atoms with E-state index in [0.717, 1.165) is 12.8 Å². The van der Waals surface area contributed by atoms with Crippen LogP contribution in [-0.4, -0.2) is 47.9 Å². The van der Waals surface area contributed by atoms with Gasteiger partial charge in [-0.25, -0.2) is 4.98 Å². The molecule has 1 saturated carbocycles. The van der Waals surface area contributed by atoms with Crippen molar-refractivity contribution in [1.29, 1.82) is 0 Å². The summed E-state index contributed by atoms with van der Waals surface area (Å²) in [6.45, 7) is 1.64. The van der Waals surface area contributed by atoms with E-state index in [0.29, 0.717) is 16.1 Å². The molecule has 110 valence electrons. The summed E-state index contributed by atoms with van der Waals surface area (Å²) in [5.74, 6) is -0.343. The van der Waals surface area contributed by atoms with Crippen LogP contribution in [0.15, 0.2) is 0 Å². The molecule has 1 aromatic heterocycles. The van der Waals surface area contributed by atoms with Crippen LogP contribution in [0.1, 0.15) is 29.4 Å². The van der Waals surface area contributed by atoms with Gasteiger partial charge in [-0.2, -0.15) is 0 Å². The number of rotatable bonds is 5. The first-order chi connectivity index (χ1) is 9.38. The zero-order chi connectivity index (χ0) is 14.9. The predicted octanol–water partition coefficient (Wildman–Crippen LogP) is 0.506. The first kappa shape index (κ1) is 14.6. The molecule has 0 saturated heterocycles. The van der Waals surface area contributed by atoms with Crippen molar-refractivity contribution in [1.82, 2.24) is 15.2 Å². The molecule has 2 amide bonds. The molecular formula is C12H19N5O2S. The normalized spacial score (nSPS) is 15.6. The summed E-state index contributed by atoms with van der Waals surface area (Å²) < 4.78 is 0. The number of hydrogen-bond donors (Lipinski definition) is 3. The number of nitrogen functional groups attached to an aromatic ring is 1. The third kappa shape index (κ3) is 3.38. The minimum Gasteiger partial charge on any atom is -0.382 e. The fraction of sp³-hybridized carbons (Fsp3) is 0.583. The molecule has 1 atom stereocenters. The zero-order valence-electron chi connectivity index (χ0n) is 11.8. The first-order valence-electron chi connectivity index (χ1n) is 6.43. The third-order valence-corrected chi connectivity index (χ3v) is 3.92. The Labute approximate surface area is 121 Å². The van der Waals surface area contributed by atoms with Gasteiger partial charge in [0.05, 0.1) is 0 Å². The van der Waals surface area contributed by atoms with Crippen molar-refractivity contribution in [2.75, 3.05) is 25.1 Å². The molecule has 0 spiro atoms. The lowest BCUT2D eigenvalue weighted by molar-refractivity contribution is -0.130. The molecule has 20 heavy (non-hydrogen) atoms. The zero-order valence-corrected chi connectivity index (χ0v) is 12.6. The lowest BCUT2D eigenvalue weighted by atomic mass is 10.3. The van der Waals surface area contributed by atoms with Crippen molar-refractivity contribution in [3.05, 3.63) is 4.88 Å². The molecular weight excluding hydrogens is 278 g/mol. The maximum atomic E-state index is 12.1. The molecule has 1 aliphatic carbocycles. The highest BCUT2D eigenvalue weighted by molar-refractivity contribution is 7.18. The van der Waals surface area contributed by atoms with Crippen molar-refractivity contribution in [2.24, 2.45) is 0 Å². The molecule has 0 radical (unpaired) electrons. The van der Waals surface area contributed by atoms with E-state index in [4.69, 9.17) is 5.73 Å². The van der Waals surface area contributed by atoms with Crippen molar-refractivity contribution >= 4 is 34.1 Å². The number of nitrogens with zero attached hydrogens (tertiary/aromatic N) is 2. The van der Waals surface area contributed by atoms with Crippen LogP contribution >= 0.6 is 11.3 Å². The highest BCUT2D eigenvalue weighted by Gasteiger charge is 2.25. The first-order valence-corrected chi connectivity index (χ1v) is 7.25. The summed E-state index contributed by atoms with van der Waals surface area (Å²) >= 11 is 1.21. The SMILES string of the molecule is CC(NC(=O)c1sc(NC2CC2)nc1N)C(=O)N(C)C. The predicted molar refractivity (Wildman–Crippen MR) is 78.8 cm³/mol. The molecule has 7 nitrogen and oxygen atoms in total. The van der Waals surface area contributed by atoms with Gasteiger partial charge in [-0.05, 0) is 19.8 Å². The van der Waals surface area contributed by atoms with Crippen LogP contribution in [0, 0.1) is 0 Å². The Morgan fingerprint density at radius 2 is 2.10 bits per heavy atom. The third-order valence-electron chi connectivity index (χ3n) is 2.92. The average molecular weight is 297 g/mol. The summed E-state index contributed by atoms with van der Waals surface area (Å²) in [4.78, 5) is 29.7. The number of aromatic nitrogens is 1. The molecule has 0 aliphatic heterocycles. The van der Waals surface area contributed by atoms with Gasteiger partial charge in [-0.15, -0.1) is 0 Å². The average Bonchev–Trinajstić information content (AvgIpc) is 3.10. The van der Waals surface area contributed by atoms with Crippen LogP contribution < -0.4 is 16.4 Å². The number of thiazole rings is 1. The number of nitrogens with two attached hydrogens (primary N) is 1. The fourth-order valence-corrected chi connectivity index (χ4v) is 2.53. The van der Waals surface area contributed by atoms with Gasteiger partial charge in [0.15, 0.2) is 5.13 Å². The number of likely N-dealkylation sites (N-methyl/N-ethyl adjacent to an activating group) is 1. The van der Waals surface area contributed by atoms with Gasteiger partial charge in [0.25, 0.3) is 5.91 Å². The molecule has 0 bridgehead atoms. The van der Waals surface area contributed by atoms with E-state index in [1.807, 2.05) is 0 Å². The van der Waals surface area contributed by atoms with Gasteiger partial charge in [0.1, 0.15) is 16.7 Å². The number of nitrogens with one attached hydrogen (secondary N) is 2. The van der Waals surface area contributed by atoms with Gasteiger partial charge in [-0.3, -0.25) is 9.59 Å². The minimum absolute atomic E-state index is 0.169. The van der Waals surface area contributed by atoms with E-state index in [-0.39, 0.29) is 17.6 Å². The van der Waals surface area contributed by atoms with E-state index in [9.17, 15) is 9.59 Å². The molecule has 1 aliphatic rings. The Hall–Kier alpha value is -1.83. The van der Waals surface area contributed by atoms with E-state index >= 15 is 0 Å². The van der Waals surface area contributed by atoms with Crippen LogP contribution in [0.3, 0.4) is 0 Å². The number of hydrogen-bond acceptors (Lipinski definition) is 6. The summed E-state index contributed by atoms with van der Waals surface area (Å²) in [7, 11) is 3.29. The Bertz CT molecular complexity index is 524. The summed E-state index contributed by atoms with van der Waals surface area (Å²) in [6, 6.07) is -0.149. The highest BCUT2D eigenvalue weighted by Crippen LogP contribution is 2.30. The lowest BCUT2D eigenvalue weighted by Crippen LogP contribution is -2.44. The fourth-order valence-electron chi connectivity index (χ4n) is 1.67. The number of amides is 2. The Morgan fingerprint density at radius 3 is 2.65 bits per heavy atom. The van der Waals surface area contributed by atoms with Crippen LogP contribution in [0.2, 0.25) is 0 Å². The molecule has 4 N–H and O–H groups in total. The quantitative estimate of drug-likeness (QED) is 0.735. The molecule has 1 aromatic rings. The topological polar surface area (TPSA) is 100 Å². The van der Waals surface area contributed by atoms with Crippen LogP contribution in [0.5, 0.6) is 0 Å². The smallest absolute Gasteiger partial charge is 0.265 e. The molecule has 1 unspecified atom stereocenters. The highest BCUT2D eigenvalue weighted by atomic mass is 32.1. The van der Waals surface area contributed by atoms with Crippen LogP contribution in [-0.2, 0) is 4.79 Å². The van der Waals surface area contributed by atoms with Crippen molar-refractivity contribution in [3.8, 4) is 0 Å². The van der Waals surface area contributed by atoms with E-state index in [2.05, 4.69) is 15.6 Å². The van der Waals surface area contributed by atoms with Crippen LogP contribution in [0.4, 0.5) is 10.9 Å². The maximum absolute atomic E-state index is 12.1. The lowest BCUT2D eigenvalue weighted by Gasteiger charge is -2.17. The van der Waals surface area contributed by atoms with E-state index in [1.54, 1.807) is 21.0 Å². The Balaban J connectivity index is 2.01. The molecule has 2 rings (SSSR count). The van der Waals surface area contributed by atoms with Crippen LogP contribution in [0.25, 0.3) is 0 Å². The van der Waals surface area contributed by atoms with Gasteiger partial charge in [0, 0.05) is 20.1 Å². The maximum Gasteiger partial charge on any atom is 0.265 e. The number of carbonyl (C=O) groups is 2. The second-order valence-electron chi connectivity index (χ2n) is 5.08. The van der Waals surface area contributed by atoms with Crippen molar-refractivity contribution in [2.45, 2.75) is 31.8 Å². The van der Waals surface area contributed by atoms with E-state index in [1.165, 1.54) is 16.2 Å². The summed E-state index contributed by atoms with van der Waals surface area (Å²) in [5, 5.41) is 6.49. The Kier molecular flexibility index (Phi) is 4.12. The standard InChI is InChI=1S/C12H19N5O2S/c1-6(11(19)17(2)3)14-10(18)8-9(13)16-12(20-8)15-7-4-5-7/h6-7H,4-5,13H2,1-3H3,(H,14,18)(H,15,16). The summed E-state index contributed by atoms with van der Waals surface area (Å²) in [6.07, 6.45) is 2.24. The van der Waals surface area contributed by atoms with Gasteiger partial charge >= 0.3 is 0 Å². The molecule has 1 heterocycles. The minimum atomic E-state index is -0.598. The largest absolute Gasteiger partial charge is 0.382 e. The van der Waals surface area contributed by atoms with Gasteiger partial charge in [0.2, 0.25) is 5.91 Å². The number of carbonyl (C=O) groups excluding carboxylic acids is 2. The summed E-state index contributed by atoms with van der Waals surface area (Å²) in [5.41, 5.74) is 5.75. The second-order valence-corrected chi connectivity index (χ2v) is 6.08. The van der Waals surface area contributed by atoms with E-state index < -0.39 is 6.04 Å².